The highest BCUT2D eigenvalue weighted by molar-refractivity contribution is 7.90. The first-order valence-electron chi connectivity index (χ1n) is 6.89. The molecule has 2 aromatic carbocycles. The fraction of sp³-hybridized carbons (Fsp3) is 0.188. The molecule has 106 valence electrons. The van der Waals surface area contributed by atoms with Crippen LogP contribution in [0.4, 0.5) is 5.69 Å². The van der Waals surface area contributed by atoms with Crippen LogP contribution in [0.2, 0.25) is 0 Å². The maximum absolute atomic E-state index is 12.2. The Kier molecular flexibility index (Phi) is 2.50. The standard InChI is InChI=1S/C16H14N2O2S/c1-11-10-12-6-2-4-8-14(12)18(11)16-13-7-3-5-9-15(13)21(19,20)17-16/h2-9,11H,10H2,1H3/t11-/m0/s1. The van der Waals surface area contributed by atoms with Gasteiger partial charge in [0.2, 0.25) is 0 Å². The predicted octanol–water partition coefficient (Wildman–Crippen LogP) is 2.59. The number of anilines is 1. The molecule has 21 heavy (non-hydrogen) atoms. The van der Waals surface area contributed by atoms with E-state index >= 15 is 0 Å². The zero-order valence-electron chi connectivity index (χ0n) is 11.5. The molecule has 0 N–H and O–H groups in total. The number of sulfonamides is 1. The summed E-state index contributed by atoms with van der Waals surface area (Å²) in [7, 11) is -3.57. The molecule has 4 nitrogen and oxygen atoms in total. The summed E-state index contributed by atoms with van der Waals surface area (Å²) >= 11 is 0. The second-order valence-electron chi connectivity index (χ2n) is 5.44. The van der Waals surface area contributed by atoms with Crippen LogP contribution < -0.4 is 4.90 Å². The average molecular weight is 298 g/mol. The number of hydrogen-bond donors (Lipinski definition) is 0. The summed E-state index contributed by atoms with van der Waals surface area (Å²) in [5, 5.41) is 0. The average Bonchev–Trinajstić information content (AvgIpc) is 2.93. The quantitative estimate of drug-likeness (QED) is 0.751. The Morgan fingerprint density at radius 2 is 1.81 bits per heavy atom. The van der Waals surface area contributed by atoms with Crippen LogP contribution in [0.25, 0.3) is 0 Å². The fourth-order valence-corrected chi connectivity index (χ4v) is 4.35. The van der Waals surface area contributed by atoms with Crippen molar-refractivity contribution in [2.75, 3.05) is 4.90 Å². The molecule has 4 rings (SSSR count). The third-order valence-corrected chi connectivity index (χ3v) is 5.37. The fourth-order valence-electron chi connectivity index (χ4n) is 3.15. The Morgan fingerprint density at radius 3 is 2.67 bits per heavy atom. The van der Waals surface area contributed by atoms with Crippen molar-refractivity contribution in [2.24, 2.45) is 4.40 Å². The van der Waals surface area contributed by atoms with Gasteiger partial charge in [-0.3, -0.25) is 0 Å². The Labute approximate surface area is 123 Å². The minimum atomic E-state index is -3.57. The van der Waals surface area contributed by atoms with Gasteiger partial charge in [-0.1, -0.05) is 30.3 Å². The van der Waals surface area contributed by atoms with Gasteiger partial charge in [0.25, 0.3) is 10.0 Å². The van der Waals surface area contributed by atoms with Gasteiger partial charge in [0.1, 0.15) is 4.90 Å². The summed E-state index contributed by atoms with van der Waals surface area (Å²) in [6.07, 6.45) is 0.900. The van der Waals surface area contributed by atoms with Gasteiger partial charge in [0.05, 0.1) is 0 Å². The first-order valence-corrected chi connectivity index (χ1v) is 8.33. The van der Waals surface area contributed by atoms with Gasteiger partial charge in [-0.2, -0.15) is 8.42 Å². The highest BCUT2D eigenvalue weighted by atomic mass is 32.2. The normalized spacial score (nSPS) is 21.9. The molecule has 2 aliphatic heterocycles. The third kappa shape index (κ3) is 1.74. The molecule has 0 saturated carbocycles. The van der Waals surface area contributed by atoms with Gasteiger partial charge in [-0.25, -0.2) is 0 Å². The Balaban J connectivity index is 1.93. The zero-order chi connectivity index (χ0) is 14.6. The van der Waals surface area contributed by atoms with Crippen molar-refractivity contribution in [3.05, 3.63) is 59.7 Å². The Hall–Kier alpha value is -2.14. The third-order valence-electron chi connectivity index (χ3n) is 4.05. The second-order valence-corrected chi connectivity index (χ2v) is 7.01. The Bertz CT molecular complexity index is 871. The number of rotatable bonds is 0. The van der Waals surface area contributed by atoms with Crippen LogP contribution in [0, 0.1) is 0 Å². The van der Waals surface area contributed by atoms with Crippen LogP contribution in [0.3, 0.4) is 0 Å². The highest BCUT2D eigenvalue weighted by Crippen LogP contribution is 2.37. The van der Waals surface area contributed by atoms with Crippen molar-refractivity contribution >= 4 is 21.5 Å². The van der Waals surface area contributed by atoms with Gasteiger partial charge in [0, 0.05) is 17.3 Å². The monoisotopic (exact) mass is 298 g/mol. The molecule has 1 atom stereocenters. The number of nitrogens with zero attached hydrogens (tertiary/aromatic N) is 2. The van der Waals surface area contributed by atoms with Crippen molar-refractivity contribution < 1.29 is 8.42 Å². The molecule has 2 aromatic rings. The van der Waals surface area contributed by atoms with Gasteiger partial charge >= 0.3 is 0 Å². The summed E-state index contributed by atoms with van der Waals surface area (Å²) in [4.78, 5) is 2.34. The topological polar surface area (TPSA) is 49.7 Å². The van der Waals surface area contributed by atoms with Gasteiger partial charge in [0.15, 0.2) is 5.84 Å². The maximum atomic E-state index is 12.2. The molecule has 0 aromatic heterocycles. The van der Waals surface area contributed by atoms with Crippen LogP contribution in [0.15, 0.2) is 57.8 Å². The van der Waals surface area contributed by atoms with E-state index in [1.165, 1.54) is 5.56 Å². The lowest BCUT2D eigenvalue weighted by Crippen LogP contribution is -2.35. The molecule has 0 bridgehead atoms. The lowest BCUT2D eigenvalue weighted by atomic mass is 10.1. The molecule has 2 heterocycles. The van der Waals surface area contributed by atoms with E-state index in [1.54, 1.807) is 12.1 Å². The molecule has 0 radical (unpaired) electrons. The Morgan fingerprint density at radius 1 is 1.10 bits per heavy atom. The van der Waals surface area contributed by atoms with E-state index in [-0.39, 0.29) is 6.04 Å². The summed E-state index contributed by atoms with van der Waals surface area (Å²) in [6, 6.07) is 15.3. The number of amidine groups is 1. The van der Waals surface area contributed by atoms with Crippen molar-refractivity contribution in [3.8, 4) is 0 Å². The van der Waals surface area contributed by atoms with Gasteiger partial charge in [-0.15, -0.1) is 4.40 Å². The number of para-hydroxylation sites is 1. The summed E-state index contributed by atoms with van der Waals surface area (Å²) in [5.41, 5.74) is 2.98. The minimum Gasteiger partial charge on any atom is -0.322 e. The molecule has 5 heteroatoms. The van der Waals surface area contributed by atoms with Crippen molar-refractivity contribution in [1.82, 2.24) is 0 Å². The molecule has 0 fully saturated rings. The number of hydrogen-bond acceptors (Lipinski definition) is 3. The SMILES string of the molecule is C[C@H]1Cc2ccccc2N1C1=NS(=O)(=O)c2ccccc21. The van der Waals surface area contributed by atoms with Gasteiger partial charge in [-0.05, 0) is 37.1 Å². The van der Waals surface area contributed by atoms with Crippen LogP contribution in [0.5, 0.6) is 0 Å². The highest BCUT2D eigenvalue weighted by Gasteiger charge is 2.37. The van der Waals surface area contributed by atoms with Crippen LogP contribution >= 0.6 is 0 Å². The van der Waals surface area contributed by atoms with E-state index in [2.05, 4.69) is 17.4 Å². The second kappa shape index (κ2) is 4.18. The molecule has 0 spiro atoms. The predicted molar refractivity (Wildman–Crippen MR) is 82.3 cm³/mol. The molecular weight excluding hydrogens is 284 g/mol. The molecule has 0 unspecified atom stereocenters. The number of benzene rings is 2. The number of fused-ring (bicyclic) bond motifs is 2. The van der Waals surface area contributed by atoms with E-state index in [0.29, 0.717) is 16.3 Å². The van der Waals surface area contributed by atoms with Crippen LogP contribution in [-0.4, -0.2) is 20.3 Å². The maximum Gasteiger partial charge on any atom is 0.285 e. The summed E-state index contributed by atoms with van der Waals surface area (Å²) < 4.78 is 28.5. The lowest BCUT2D eigenvalue weighted by Gasteiger charge is -2.24. The van der Waals surface area contributed by atoms with E-state index in [1.807, 2.05) is 35.2 Å². The molecule has 0 amide bonds. The van der Waals surface area contributed by atoms with Crippen LogP contribution in [-0.2, 0) is 16.4 Å². The first kappa shape index (κ1) is 12.6. The molecule has 0 aliphatic carbocycles. The smallest absolute Gasteiger partial charge is 0.285 e. The molecule has 2 aliphatic rings. The first-order chi connectivity index (χ1) is 10.1. The summed E-state index contributed by atoms with van der Waals surface area (Å²) in [6.45, 7) is 2.09. The lowest BCUT2D eigenvalue weighted by molar-refractivity contribution is 0.599. The van der Waals surface area contributed by atoms with Crippen molar-refractivity contribution in [2.45, 2.75) is 24.3 Å². The van der Waals surface area contributed by atoms with Gasteiger partial charge < -0.3 is 4.90 Å². The summed E-state index contributed by atoms with van der Waals surface area (Å²) in [5.74, 6) is 0.544. The zero-order valence-corrected chi connectivity index (χ0v) is 12.3. The van der Waals surface area contributed by atoms with Crippen LogP contribution in [0.1, 0.15) is 18.1 Å². The molecule has 0 saturated heterocycles. The van der Waals surface area contributed by atoms with Crippen molar-refractivity contribution in [3.63, 3.8) is 0 Å². The largest absolute Gasteiger partial charge is 0.322 e. The van der Waals surface area contributed by atoms with E-state index < -0.39 is 10.0 Å². The van der Waals surface area contributed by atoms with E-state index in [0.717, 1.165) is 12.1 Å². The molecular formula is C16H14N2O2S. The van der Waals surface area contributed by atoms with E-state index in [9.17, 15) is 8.42 Å². The van der Waals surface area contributed by atoms with Crippen molar-refractivity contribution in [1.29, 1.82) is 0 Å². The minimum absolute atomic E-state index is 0.197. The van der Waals surface area contributed by atoms with E-state index in [4.69, 9.17) is 0 Å².